The van der Waals surface area contributed by atoms with Crippen LogP contribution in [0.4, 0.5) is 0 Å². The van der Waals surface area contributed by atoms with Gasteiger partial charge in [-0.15, -0.1) is 6.58 Å². The Balaban J connectivity index is 3.07. The van der Waals surface area contributed by atoms with Crippen molar-refractivity contribution in [2.75, 3.05) is 0 Å². The van der Waals surface area contributed by atoms with Crippen molar-refractivity contribution in [3.8, 4) is 0 Å². The standard InChI is InChI=1S/C17H30OSi/c1-7-15-8-10-17(3,14(2)9-11-18)16(12-15)13-19(4,5)6/h7,11-12,14-15H,1,8-10,13H2,2-6H3/t14-,15+,17+/m1/s1. The van der Waals surface area contributed by atoms with E-state index in [4.69, 9.17) is 0 Å². The molecular formula is C17H30OSi. The molecule has 2 heteroatoms. The molecule has 1 rings (SSSR count). The average molecular weight is 279 g/mol. The van der Waals surface area contributed by atoms with Crippen molar-refractivity contribution in [3.05, 3.63) is 24.3 Å². The molecule has 0 aliphatic heterocycles. The van der Waals surface area contributed by atoms with Crippen molar-refractivity contribution in [3.63, 3.8) is 0 Å². The topological polar surface area (TPSA) is 17.1 Å². The van der Waals surface area contributed by atoms with Crippen molar-refractivity contribution in [2.24, 2.45) is 17.3 Å². The molecule has 0 bridgehead atoms. The molecule has 1 nitrogen and oxygen atoms in total. The quantitative estimate of drug-likeness (QED) is 0.376. The van der Waals surface area contributed by atoms with Crippen molar-refractivity contribution in [1.29, 1.82) is 0 Å². The van der Waals surface area contributed by atoms with Gasteiger partial charge in [0.25, 0.3) is 0 Å². The summed E-state index contributed by atoms with van der Waals surface area (Å²) >= 11 is 0. The number of allylic oxidation sites excluding steroid dienone is 3. The van der Waals surface area contributed by atoms with Gasteiger partial charge < -0.3 is 4.79 Å². The summed E-state index contributed by atoms with van der Waals surface area (Å²) in [5, 5.41) is 0. The summed E-state index contributed by atoms with van der Waals surface area (Å²) in [7, 11) is -1.14. The number of carbonyl (C=O) groups excluding carboxylic acids is 1. The molecule has 0 saturated carbocycles. The molecule has 19 heavy (non-hydrogen) atoms. The fourth-order valence-corrected chi connectivity index (χ4v) is 4.81. The second kappa shape index (κ2) is 6.21. The normalized spacial score (nSPS) is 29.5. The fourth-order valence-electron chi connectivity index (χ4n) is 3.14. The third-order valence-electron chi connectivity index (χ3n) is 4.71. The molecule has 3 atom stereocenters. The van der Waals surface area contributed by atoms with E-state index in [1.807, 2.05) is 0 Å². The fraction of sp³-hybridized carbons (Fsp3) is 0.706. The van der Waals surface area contributed by atoms with Crippen LogP contribution in [-0.2, 0) is 4.79 Å². The predicted octanol–water partition coefficient (Wildman–Crippen LogP) is 5.08. The van der Waals surface area contributed by atoms with Crippen molar-refractivity contribution < 1.29 is 4.79 Å². The minimum Gasteiger partial charge on any atom is -0.303 e. The maximum atomic E-state index is 10.9. The zero-order chi connectivity index (χ0) is 14.7. The Hall–Kier alpha value is -0.633. The zero-order valence-corrected chi connectivity index (χ0v) is 14.3. The Labute approximate surface area is 120 Å². The maximum Gasteiger partial charge on any atom is 0.120 e. The molecule has 0 amide bonds. The van der Waals surface area contributed by atoms with Crippen LogP contribution in [-0.4, -0.2) is 14.4 Å². The summed E-state index contributed by atoms with van der Waals surface area (Å²) in [6, 6.07) is 1.25. The van der Waals surface area contributed by atoms with E-state index in [1.54, 1.807) is 5.57 Å². The molecule has 0 fully saturated rings. The van der Waals surface area contributed by atoms with Gasteiger partial charge in [-0.3, -0.25) is 0 Å². The lowest BCUT2D eigenvalue weighted by Crippen LogP contribution is -2.35. The highest BCUT2D eigenvalue weighted by Crippen LogP contribution is 2.48. The lowest BCUT2D eigenvalue weighted by molar-refractivity contribution is -0.109. The number of aldehydes is 1. The molecule has 0 aromatic carbocycles. The van der Waals surface area contributed by atoms with Gasteiger partial charge in [-0.2, -0.15) is 0 Å². The van der Waals surface area contributed by atoms with Crippen LogP contribution in [0.3, 0.4) is 0 Å². The highest BCUT2D eigenvalue weighted by atomic mass is 28.3. The Kier molecular flexibility index (Phi) is 5.37. The van der Waals surface area contributed by atoms with Crippen molar-refractivity contribution in [2.45, 2.75) is 58.8 Å². The van der Waals surface area contributed by atoms with Gasteiger partial charge in [0.05, 0.1) is 0 Å². The van der Waals surface area contributed by atoms with Gasteiger partial charge in [-0.25, -0.2) is 0 Å². The van der Waals surface area contributed by atoms with Crippen LogP contribution < -0.4 is 0 Å². The third-order valence-corrected chi connectivity index (χ3v) is 6.15. The second-order valence-corrected chi connectivity index (χ2v) is 13.1. The van der Waals surface area contributed by atoms with E-state index in [-0.39, 0.29) is 5.41 Å². The molecule has 0 aromatic heterocycles. The van der Waals surface area contributed by atoms with Crippen LogP contribution in [0.1, 0.15) is 33.1 Å². The first kappa shape index (κ1) is 16.4. The molecular weight excluding hydrogens is 248 g/mol. The van der Waals surface area contributed by atoms with E-state index in [2.05, 4.69) is 52.2 Å². The minimum absolute atomic E-state index is 0.209. The Morgan fingerprint density at radius 1 is 1.53 bits per heavy atom. The average Bonchev–Trinajstić information content (AvgIpc) is 2.30. The molecule has 0 N–H and O–H groups in total. The molecule has 1 aliphatic rings. The maximum absolute atomic E-state index is 10.9. The van der Waals surface area contributed by atoms with Gasteiger partial charge in [0.15, 0.2) is 0 Å². The summed E-state index contributed by atoms with van der Waals surface area (Å²) in [6.07, 6.45) is 8.66. The Bertz CT molecular complexity index is 364. The van der Waals surface area contributed by atoms with Crippen LogP contribution in [0, 0.1) is 17.3 Å². The van der Waals surface area contributed by atoms with E-state index < -0.39 is 8.07 Å². The largest absolute Gasteiger partial charge is 0.303 e. The summed E-state index contributed by atoms with van der Waals surface area (Å²) < 4.78 is 0. The van der Waals surface area contributed by atoms with E-state index >= 15 is 0 Å². The van der Waals surface area contributed by atoms with Crippen LogP contribution in [0.25, 0.3) is 0 Å². The SMILES string of the molecule is C=C[C@@H]1C=C(C[Si](C)(C)C)[C@](C)([C@H](C)CC=O)CC1. The summed E-state index contributed by atoms with van der Waals surface area (Å²) in [5.41, 5.74) is 1.80. The molecule has 108 valence electrons. The smallest absolute Gasteiger partial charge is 0.120 e. The first-order valence-electron chi connectivity index (χ1n) is 7.50. The van der Waals surface area contributed by atoms with Crippen molar-refractivity contribution >= 4 is 14.4 Å². The highest BCUT2D eigenvalue weighted by molar-refractivity contribution is 6.76. The van der Waals surface area contributed by atoms with E-state index in [1.165, 1.54) is 18.9 Å². The van der Waals surface area contributed by atoms with Crippen molar-refractivity contribution in [1.82, 2.24) is 0 Å². The Morgan fingerprint density at radius 3 is 2.63 bits per heavy atom. The van der Waals surface area contributed by atoms with Crippen LogP contribution in [0.2, 0.25) is 25.7 Å². The zero-order valence-electron chi connectivity index (χ0n) is 13.3. The predicted molar refractivity (Wildman–Crippen MR) is 87.1 cm³/mol. The number of carbonyl (C=O) groups is 1. The van der Waals surface area contributed by atoms with Gasteiger partial charge in [0, 0.05) is 14.5 Å². The molecule has 1 aliphatic carbocycles. The van der Waals surface area contributed by atoms with E-state index in [0.29, 0.717) is 18.3 Å². The van der Waals surface area contributed by atoms with Crippen LogP contribution in [0.5, 0.6) is 0 Å². The van der Waals surface area contributed by atoms with Gasteiger partial charge in [0.2, 0.25) is 0 Å². The van der Waals surface area contributed by atoms with E-state index in [9.17, 15) is 4.79 Å². The first-order chi connectivity index (χ1) is 8.73. The summed E-state index contributed by atoms with van der Waals surface area (Å²) in [5.74, 6) is 0.973. The molecule has 0 unspecified atom stereocenters. The van der Waals surface area contributed by atoms with Gasteiger partial charge in [-0.1, -0.05) is 51.2 Å². The summed E-state index contributed by atoms with van der Waals surface area (Å²) in [4.78, 5) is 10.9. The van der Waals surface area contributed by atoms with Gasteiger partial charge in [-0.05, 0) is 36.1 Å². The number of rotatable bonds is 6. The molecule has 0 aromatic rings. The number of hydrogen-bond acceptors (Lipinski definition) is 1. The monoisotopic (exact) mass is 278 g/mol. The molecule has 0 saturated heterocycles. The van der Waals surface area contributed by atoms with Crippen LogP contribution >= 0.6 is 0 Å². The lowest BCUT2D eigenvalue weighted by Gasteiger charge is -2.43. The molecule has 0 spiro atoms. The van der Waals surface area contributed by atoms with Gasteiger partial charge in [0.1, 0.15) is 6.29 Å². The molecule has 0 radical (unpaired) electrons. The minimum atomic E-state index is -1.14. The number of hydrogen-bond donors (Lipinski definition) is 0. The third kappa shape index (κ3) is 4.17. The highest BCUT2D eigenvalue weighted by Gasteiger charge is 2.39. The van der Waals surface area contributed by atoms with E-state index in [0.717, 1.165) is 6.29 Å². The Morgan fingerprint density at radius 2 is 2.16 bits per heavy atom. The second-order valence-electron chi connectivity index (χ2n) is 7.59. The van der Waals surface area contributed by atoms with Crippen LogP contribution in [0.15, 0.2) is 24.3 Å². The lowest BCUT2D eigenvalue weighted by atomic mass is 9.64. The van der Waals surface area contributed by atoms with Gasteiger partial charge >= 0.3 is 0 Å². The summed E-state index contributed by atoms with van der Waals surface area (Å²) in [6.45, 7) is 15.8. The molecule has 0 heterocycles. The first-order valence-corrected chi connectivity index (χ1v) is 11.2.